The Morgan fingerprint density at radius 2 is 1.82 bits per heavy atom. The number of fused-ring (bicyclic) bond motifs is 5. The van der Waals surface area contributed by atoms with Crippen molar-refractivity contribution in [1.29, 1.82) is 0 Å². The number of hydrogen-bond acceptors (Lipinski definition) is 4. The van der Waals surface area contributed by atoms with E-state index in [9.17, 15) is 0 Å². The molecule has 1 unspecified atom stereocenters. The second-order valence-corrected chi connectivity index (χ2v) is 11.1. The fraction of sp³-hybridized carbons (Fsp3) is 0.370. The molecular formula is C27H27Br2N3O. The van der Waals surface area contributed by atoms with E-state index in [0.717, 1.165) is 59.3 Å². The first-order valence-corrected chi connectivity index (χ1v) is 13.4. The predicted molar refractivity (Wildman–Crippen MR) is 141 cm³/mol. The van der Waals surface area contributed by atoms with Gasteiger partial charge in [-0.2, -0.15) is 5.10 Å². The van der Waals surface area contributed by atoms with Crippen LogP contribution in [-0.4, -0.2) is 41.0 Å². The quantitative estimate of drug-likeness (QED) is 0.337. The van der Waals surface area contributed by atoms with E-state index in [4.69, 9.17) is 9.84 Å². The molecule has 0 saturated carbocycles. The number of piperidine rings is 1. The first-order chi connectivity index (χ1) is 16.1. The molecule has 1 atom stereocenters. The van der Waals surface area contributed by atoms with E-state index in [2.05, 4.69) is 103 Å². The van der Waals surface area contributed by atoms with Crippen molar-refractivity contribution >= 4 is 48.3 Å². The van der Waals surface area contributed by atoms with Crippen LogP contribution in [0.15, 0.2) is 68.6 Å². The Bertz CT molecular complexity index is 1250. The number of rotatable bonds is 3. The molecule has 1 spiro atoms. The molecule has 6 rings (SSSR count). The predicted octanol–water partition coefficient (Wildman–Crippen LogP) is 7.11. The molecule has 3 aliphatic heterocycles. The molecule has 0 aliphatic carbocycles. The fourth-order valence-electron chi connectivity index (χ4n) is 5.62. The minimum absolute atomic E-state index is 0.182. The molecule has 0 bridgehead atoms. The highest BCUT2D eigenvalue weighted by Gasteiger charge is 2.52. The minimum atomic E-state index is -0.392. The van der Waals surface area contributed by atoms with Crippen molar-refractivity contribution in [3.63, 3.8) is 0 Å². The molecule has 3 heterocycles. The van der Waals surface area contributed by atoms with Gasteiger partial charge in [-0.25, -0.2) is 5.01 Å². The van der Waals surface area contributed by atoms with E-state index in [0.29, 0.717) is 0 Å². The van der Waals surface area contributed by atoms with Crippen molar-refractivity contribution < 1.29 is 4.74 Å². The first kappa shape index (κ1) is 21.6. The largest absolute Gasteiger partial charge is 0.465 e. The highest BCUT2D eigenvalue weighted by Crippen LogP contribution is 2.52. The summed E-state index contributed by atoms with van der Waals surface area (Å²) >= 11 is 7.47. The number of halogens is 2. The van der Waals surface area contributed by atoms with Gasteiger partial charge in [0.25, 0.3) is 0 Å². The average Bonchev–Trinajstić information content (AvgIpc) is 3.28. The number of ether oxygens (including phenoxy) is 1. The Morgan fingerprint density at radius 1 is 1.03 bits per heavy atom. The van der Waals surface area contributed by atoms with Crippen LogP contribution in [0.2, 0.25) is 0 Å². The topological polar surface area (TPSA) is 28.1 Å². The van der Waals surface area contributed by atoms with Gasteiger partial charge in [-0.05, 0) is 63.4 Å². The van der Waals surface area contributed by atoms with Crippen molar-refractivity contribution in [3.8, 4) is 5.75 Å². The van der Waals surface area contributed by atoms with Gasteiger partial charge in [-0.15, -0.1) is 0 Å². The molecule has 3 aliphatic rings. The first-order valence-electron chi connectivity index (χ1n) is 11.8. The standard InChI is InChI=1S/C27H27Br2N3O/c1-2-11-31-12-9-27(10-13-31)32-25(22-15-21(28)16-23(29)26(22)33-27)17-24(30-32)20-8-7-18-5-3-4-6-19(18)14-20/h3-8,14-16,25H,2,9-13,17H2,1H3. The van der Waals surface area contributed by atoms with Crippen molar-refractivity contribution in [2.24, 2.45) is 5.10 Å². The van der Waals surface area contributed by atoms with Gasteiger partial charge < -0.3 is 9.64 Å². The van der Waals surface area contributed by atoms with E-state index in [1.54, 1.807) is 0 Å². The van der Waals surface area contributed by atoms with Crippen LogP contribution >= 0.6 is 31.9 Å². The fourth-order valence-corrected chi connectivity index (χ4v) is 6.96. The molecule has 4 nitrogen and oxygen atoms in total. The van der Waals surface area contributed by atoms with Gasteiger partial charge in [0.05, 0.1) is 16.2 Å². The Hall–Kier alpha value is -1.89. The molecule has 1 saturated heterocycles. The maximum absolute atomic E-state index is 6.87. The van der Waals surface area contributed by atoms with Gasteiger partial charge in [0.1, 0.15) is 5.75 Å². The lowest BCUT2D eigenvalue weighted by molar-refractivity contribution is -0.150. The summed E-state index contributed by atoms with van der Waals surface area (Å²) in [6.45, 7) is 5.49. The molecule has 0 aromatic heterocycles. The average molecular weight is 569 g/mol. The monoisotopic (exact) mass is 567 g/mol. The number of hydrogen-bond donors (Lipinski definition) is 0. The van der Waals surface area contributed by atoms with Crippen molar-refractivity contribution in [2.75, 3.05) is 19.6 Å². The Balaban J connectivity index is 1.42. The van der Waals surface area contributed by atoms with Crippen molar-refractivity contribution in [3.05, 3.63) is 74.7 Å². The van der Waals surface area contributed by atoms with Crippen LogP contribution in [-0.2, 0) is 0 Å². The van der Waals surface area contributed by atoms with Crippen LogP contribution in [0.4, 0.5) is 0 Å². The van der Waals surface area contributed by atoms with Gasteiger partial charge >= 0.3 is 0 Å². The van der Waals surface area contributed by atoms with Crippen LogP contribution < -0.4 is 4.74 Å². The van der Waals surface area contributed by atoms with Gasteiger partial charge in [0.15, 0.2) is 0 Å². The zero-order chi connectivity index (χ0) is 22.6. The summed E-state index contributed by atoms with van der Waals surface area (Å²) < 4.78 is 8.94. The Kier molecular flexibility index (Phi) is 5.51. The Morgan fingerprint density at radius 3 is 2.61 bits per heavy atom. The number of likely N-dealkylation sites (tertiary alicyclic amines) is 1. The van der Waals surface area contributed by atoms with Crippen molar-refractivity contribution in [1.82, 2.24) is 9.91 Å². The second kappa shape index (κ2) is 8.40. The van der Waals surface area contributed by atoms with E-state index in [1.807, 2.05) is 0 Å². The second-order valence-electron chi connectivity index (χ2n) is 9.37. The summed E-state index contributed by atoms with van der Waals surface area (Å²) in [5.74, 6) is 0.985. The summed E-state index contributed by atoms with van der Waals surface area (Å²) in [6, 6.07) is 19.7. The van der Waals surface area contributed by atoms with Gasteiger partial charge in [-0.1, -0.05) is 59.3 Å². The molecule has 170 valence electrons. The Labute approximate surface area is 211 Å². The third-order valence-corrected chi connectivity index (χ3v) is 8.32. The molecule has 3 aromatic carbocycles. The van der Waals surface area contributed by atoms with E-state index < -0.39 is 5.72 Å². The lowest BCUT2D eigenvalue weighted by atomic mass is 9.90. The van der Waals surface area contributed by atoms with Crippen molar-refractivity contribution in [2.45, 2.75) is 44.4 Å². The van der Waals surface area contributed by atoms with Crippen LogP contribution in [0.5, 0.6) is 5.75 Å². The summed E-state index contributed by atoms with van der Waals surface area (Å²) in [5, 5.41) is 10.1. The highest BCUT2D eigenvalue weighted by molar-refractivity contribution is 9.11. The zero-order valence-electron chi connectivity index (χ0n) is 18.7. The lowest BCUT2D eigenvalue weighted by Gasteiger charge is -2.51. The molecule has 0 N–H and O–H groups in total. The molecule has 3 aromatic rings. The van der Waals surface area contributed by atoms with Crippen LogP contribution in [0.1, 0.15) is 49.8 Å². The molecular weight excluding hydrogens is 542 g/mol. The summed E-state index contributed by atoms with van der Waals surface area (Å²) in [6.07, 6.45) is 3.99. The van der Waals surface area contributed by atoms with Crippen LogP contribution in [0.25, 0.3) is 10.8 Å². The molecule has 6 heteroatoms. The third-order valence-electron chi connectivity index (χ3n) is 7.28. The SMILES string of the molecule is CCCN1CCC2(CC1)Oc1c(Br)cc(Br)cc1C1CC(c3ccc4ccccc4c3)=NN12. The number of hydrazone groups is 1. The zero-order valence-corrected chi connectivity index (χ0v) is 21.9. The molecule has 1 fully saturated rings. The van der Waals surface area contributed by atoms with Gasteiger partial charge in [0, 0.05) is 42.4 Å². The lowest BCUT2D eigenvalue weighted by Crippen LogP contribution is -2.59. The molecule has 0 amide bonds. The number of benzene rings is 3. The number of nitrogens with zero attached hydrogens (tertiary/aromatic N) is 3. The maximum Gasteiger partial charge on any atom is 0.200 e. The highest BCUT2D eigenvalue weighted by atomic mass is 79.9. The smallest absolute Gasteiger partial charge is 0.200 e. The van der Waals surface area contributed by atoms with E-state index in [-0.39, 0.29) is 6.04 Å². The van der Waals surface area contributed by atoms with E-state index >= 15 is 0 Å². The molecule has 33 heavy (non-hydrogen) atoms. The third kappa shape index (κ3) is 3.71. The summed E-state index contributed by atoms with van der Waals surface area (Å²) in [7, 11) is 0. The molecule has 0 radical (unpaired) electrons. The minimum Gasteiger partial charge on any atom is -0.465 e. The van der Waals surface area contributed by atoms with Gasteiger partial charge in [0.2, 0.25) is 5.72 Å². The van der Waals surface area contributed by atoms with Crippen LogP contribution in [0.3, 0.4) is 0 Å². The van der Waals surface area contributed by atoms with Gasteiger partial charge in [-0.3, -0.25) is 0 Å². The summed E-state index contributed by atoms with van der Waals surface area (Å²) in [5.41, 5.74) is 3.17. The maximum atomic E-state index is 6.87. The summed E-state index contributed by atoms with van der Waals surface area (Å²) in [4.78, 5) is 2.56. The normalized spacial score (nSPS) is 21.6. The van der Waals surface area contributed by atoms with E-state index in [1.165, 1.54) is 28.3 Å². The van der Waals surface area contributed by atoms with Crippen LogP contribution in [0, 0.1) is 0 Å².